The van der Waals surface area contributed by atoms with E-state index in [1.54, 1.807) is 0 Å². The highest BCUT2D eigenvalue weighted by Crippen LogP contribution is 2.14. The average Bonchev–Trinajstić information content (AvgIpc) is 2.57. The van der Waals surface area contributed by atoms with Crippen molar-refractivity contribution in [2.45, 2.75) is 110 Å². The minimum atomic E-state index is -3.81. The highest BCUT2D eigenvalue weighted by molar-refractivity contribution is 7.85. The summed E-state index contributed by atoms with van der Waals surface area (Å²) >= 11 is 0. The predicted molar refractivity (Wildman–Crippen MR) is 118 cm³/mol. The van der Waals surface area contributed by atoms with Crippen LogP contribution < -0.4 is 0 Å². The van der Waals surface area contributed by atoms with Gasteiger partial charge in [-0.05, 0) is 12.8 Å². The summed E-state index contributed by atoms with van der Waals surface area (Å²) in [5.74, 6) is -0.118. The molecule has 0 radical (unpaired) electrons. The van der Waals surface area contributed by atoms with Crippen LogP contribution in [0.2, 0.25) is 0 Å². The van der Waals surface area contributed by atoms with Gasteiger partial charge in [0.15, 0.2) is 0 Å². The second-order valence-electron chi connectivity index (χ2n) is 8.97. The van der Waals surface area contributed by atoms with Crippen molar-refractivity contribution in [2.24, 2.45) is 0 Å². The molecule has 0 heterocycles. The molecule has 164 valence electrons. The summed E-state index contributed by atoms with van der Waals surface area (Å²) in [6, 6.07) is 0. The summed E-state index contributed by atoms with van der Waals surface area (Å²) in [4.78, 5) is 0. The normalized spacial score (nSPS) is 12.6. The maximum absolute atomic E-state index is 10.8. The number of nitrogens with zero attached hydrogens (tertiary/aromatic N) is 1. The van der Waals surface area contributed by atoms with Crippen LogP contribution in [0.5, 0.6) is 0 Å². The van der Waals surface area contributed by atoms with Crippen LogP contribution in [0.4, 0.5) is 0 Å². The van der Waals surface area contributed by atoms with E-state index in [-0.39, 0.29) is 5.75 Å². The molecule has 0 rings (SSSR count). The van der Waals surface area contributed by atoms with E-state index >= 15 is 0 Å². The van der Waals surface area contributed by atoms with Crippen LogP contribution in [0, 0.1) is 0 Å². The van der Waals surface area contributed by atoms with Crippen molar-refractivity contribution in [3.8, 4) is 0 Å². The summed E-state index contributed by atoms with van der Waals surface area (Å²) in [5.41, 5.74) is 0. The molecule has 0 aliphatic carbocycles. The fraction of sp³-hybridized carbons (Fsp3) is 1.00. The second-order valence-corrected chi connectivity index (χ2v) is 10.5. The lowest BCUT2D eigenvalue weighted by Gasteiger charge is -2.29. The molecule has 4 nitrogen and oxygen atoms in total. The maximum Gasteiger partial charge on any atom is 0.265 e. The first-order valence-electron chi connectivity index (χ1n) is 11.5. The zero-order chi connectivity index (χ0) is 20.4. The lowest BCUT2D eigenvalue weighted by molar-refractivity contribution is -0.890. The van der Waals surface area contributed by atoms with Gasteiger partial charge in [-0.25, -0.2) is 0 Å². The third-order valence-electron chi connectivity index (χ3n) is 5.53. The number of hydrogen-bond donors (Lipinski definition) is 1. The zero-order valence-corrected chi connectivity index (χ0v) is 19.4. The van der Waals surface area contributed by atoms with Crippen LogP contribution in [0.3, 0.4) is 0 Å². The lowest BCUT2D eigenvalue weighted by Crippen LogP contribution is -2.41. The van der Waals surface area contributed by atoms with E-state index in [1.807, 2.05) is 0 Å². The van der Waals surface area contributed by atoms with Gasteiger partial charge in [0.2, 0.25) is 0 Å². The Morgan fingerprint density at radius 3 is 1.30 bits per heavy atom. The van der Waals surface area contributed by atoms with Gasteiger partial charge in [0.1, 0.15) is 0 Å². The van der Waals surface area contributed by atoms with Crippen LogP contribution in [-0.4, -0.2) is 50.4 Å². The highest BCUT2D eigenvalue weighted by atomic mass is 32.2. The molecule has 0 spiro atoms. The van der Waals surface area contributed by atoms with Gasteiger partial charge in [-0.3, -0.25) is 4.55 Å². The van der Waals surface area contributed by atoms with Gasteiger partial charge in [-0.1, -0.05) is 90.4 Å². The molecule has 0 amide bonds. The summed E-state index contributed by atoms with van der Waals surface area (Å²) in [6.07, 6.45) is 21.2. The quantitative estimate of drug-likeness (QED) is 0.148. The molecule has 0 aliphatic heterocycles. The van der Waals surface area contributed by atoms with E-state index in [0.29, 0.717) is 6.42 Å². The van der Waals surface area contributed by atoms with Gasteiger partial charge in [-0.2, -0.15) is 8.42 Å². The number of quaternary nitrogens is 1. The molecule has 0 aromatic heterocycles. The third-order valence-corrected chi connectivity index (χ3v) is 6.34. The molecule has 0 fully saturated rings. The van der Waals surface area contributed by atoms with Crippen molar-refractivity contribution in [1.82, 2.24) is 0 Å². The van der Waals surface area contributed by atoms with Gasteiger partial charge in [-0.15, -0.1) is 0 Å². The molecule has 27 heavy (non-hydrogen) atoms. The first-order valence-corrected chi connectivity index (χ1v) is 13.1. The van der Waals surface area contributed by atoms with Crippen molar-refractivity contribution in [1.29, 1.82) is 0 Å². The minimum absolute atomic E-state index is 0.118. The zero-order valence-electron chi connectivity index (χ0n) is 18.6. The van der Waals surface area contributed by atoms with Gasteiger partial charge in [0.05, 0.1) is 32.9 Å². The first kappa shape index (κ1) is 26.9. The average molecular weight is 407 g/mol. The number of rotatable bonds is 20. The summed E-state index contributed by atoms with van der Waals surface area (Å²) in [7, 11) is 0.486. The van der Waals surface area contributed by atoms with Gasteiger partial charge < -0.3 is 4.48 Å². The van der Waals surface area contributed by atoms with Crippen LogP contribution in [0.1, 0.15) is 110 Å². The van der Waals surface area contributed by atoms with E-state index in [0.717, 1.165) is 17.6 Å². The van der Waals surface area contributed by atoms with Crippen molar-refractivity contribution in [3.63, 3.8) is 0 Å². The Balaban J connectivity index is 3.32. The topological polar surface area (TPSA) is 54.4 Å². The largest absolute Gasteiger partial charge is 0.328 e. The molecule has 0 saturated heterocycles. The Hall–Kier alpha value is -0.130. The van der Waals surface area contributed by atoms with Crippen molar-refractivity contribution >= 4 is 10.1 Å². The maximum atomic E-state index is 10.8. The van der Waals surface area contributed by atoms with Gasteiger partial charge >= 0.3 is 0 Å². The van der Waals surface area contributed by atoms with Crippen molar-refractivity contribution in [3.05, 3.63) is 0 Å². The molecule has 0 aromatic rings. The molecular formula is C22H48NO3S+. The molecule has 5 heteroatoms. The Morgan fingerprint density at radius 2 is 0.926 bits per heavy atom. The standard InChI is InChI=1S/C22H47NO3S/c1-4-5-6-7-8-9-10-11-12-13-14-15-16-17-18-20-23(2,3)21-19-22-27(24,25)26/h4-22H2,1-3H3/p+1. The van der Waals surface area contributed by atoms with Crippen LogP contribution in [-0.2, 0) is 10.1 Å². The lowest BCUT2D eigenvalue weighted by atomic mass is 10.0. The Kier molecular flexibility index (Phi) is 16.7. The smallest absolute Gasteiger partial charge is 0.265 e. The molecular weight excluding hydrogens is 358 g/mol. The van der Waals surface area contributed by atoms with Crippen LogP contribution in [0.25, 0.3) is 0 Å². The van der Waals surface area contributed by atoms with E-state index in [2.05, 4.69) is 21.0 Å². The second kappa shape index (κ2) is 16.8. The fourth-order valence-electron chi connectivity index (χ4n) is 3.70. The van der Waals surface area contributed by atoms with Crippen LogP contribution >= 0.6 is 0 Å². The summed E-state index contributed by atoms with van der Waals surface area (Å²) < 4.78 is 31.2. The summed E-state index contributed by atoms with van der Waals surface area (Å²) in [6.45, 7) is 4.17. The summed E-state index contributed by atoms with van der Waals surface area (Å²) in [5, 5.41) is 0. The Bertz CT molecular complexity index is 421. The van der Waals surface area contributed by atoms with Gasteiger partial charge in [0.25, 0.3) is 10.1 Å². The molecule has 0 aromatic carbocycles. The monoisotopic (exact) mass is 406 g/mol. The predicted octanol–water partition coefficient (Wildman–Crippen LogP) is 6.21. The van der Waals surface area contributed by atoms with Crippen molar-refractivity contribution in [2.75, 3.05) is 32.9 Å². The number of hydrogen-bond acceptors (Lipinski definition) is 2. The Morgan fingerprint density at radius 1 is 0.593 bits per heavy atom. The molecule has 0 bridgehead atoms. The van der Waals surface area contributed by atoms with E-state index in [1.165, 1.54) is 96.3 Å². The molecule has 0 unspecified atom stereocenters. The highest BCUT2D eigenvalue weighted by Gasteiger charge is 2.16. The van der Waals surface area contributed by atoms with Crippen molar-refractivity contribution < 1.29 is 17.5 Å². The third kappa shape index (κ3) is 22.0. The molecule has 1 N–H and O–H groups in total. The van der Waals surface area contributed by atoms with Gasteiger partial charge in [0, 0.05) is 6.42 Å². The SMILES string of the molecule is CCCCCCCCCCCCCCCCC[N+](C)(C)CCCS(=O)(=O)O. The fourth-order valence-corrected chi connectivity index (χ4v) is 4.19. The molecule has 0 aliphatic rings. The first-order chi connectivity index (χ1) is 12.8. The van der Waals surface area contributed by atoms with E-state index < -0.39 is 10.1 Å². The molecule has 0 atom stereocenters. The number of unbranched alkanes of at least 4 members (excludes halogenated alkanes) is 14. The Labute approximate surface area is 170 Å². The van der Waals surface area contributed by atoms with E-state index in [4.69, 9.17) is 4.55 Å². The van der Waals surface area contributed by atoms with E-state index in [9.17, 15) is 8.42 Å². The molecule has 0 saturated carbocycles. The van der Waals surface area contributed by atoms with Crippen LogP contribution in [0.15, 0.2) is 0 Å². The minimum Gasteiger partial charge on any atom is -0.328 e.